The van der Waals surface area contributed by atoms with Crippen LogP contribution in [0.25, 0.3) is 10.9 Å². The number of para-hydroxylation sites is 1. The molecular formula is C88H162I4N8O2+2. The molecule has 6 saturated carbocycles. The first kappa shape index (κ1) is 100. The number of halogens is 4. The molecule has 5 N–H and O–H groups in total. The van der Waals surface area contributed by atoms with Crippen LogP contribution in [0.15, 0.2) is 36.4 Å². The molecular weight excluding hydrogens is 1710 g/mol. The molecule has 592 valence electrons. The van der Waals surface area contributed by atoms with Crippen molar-refractivity contribution in [1.82, 2.24) is 15.2 Å². The fourth-order valence-electron chi connectivity index (χ4n) is 23.0. The summed E-state index contributed by atoms with van der Waals surface area (Å²) in [5, 5.41) is 12.2. The Morgan fingerprint density at radius 3 is 1.52 bits per heavy atom. The average Bonchev–Trinajstić information content (AvgIpc) is 0.751. The van der Waals surface area contributed by atoms with Crippen molar-refractivity contribution in [2.75, 3.05) is 50.2 Å². The average molecular weight is 1870 g/mol. The number of fused-ring (bicyclic) bond motifs is 7. The van der Waals surface area contributed by atoms with Crippen LogP contribution in [0.1, 0.15) is 321 Å². The van der Waals surface area contributed by atoms with Crippen molar-refractivity contribution in [1.29, 1.82) is 5.26 Å². The summed E-state index contributed by atoms with van der Waals surface area (Å²) in [6.07, 6.45) is 56.2. The van der Waals surface area contributed by atoms with Gasteiger partial charge in [0.25, 0.3) is 0 Å². The van der Waals surface area contributed by atoms with Gasteiger partial charge >= 0.3 is 0 Å². The lowest BCUT2D eigenvalue weighted by Crippen LogP contribution is -3.20. The number of alkyl halides is 1. The van der Waals surface area contributed by atoms with E-state index in [0.717, 1.165) is 119 Å². The Bertz CT molecular complexity index is 2310. The summed E-state index contributed by atoms with van der Waals surface area (Å²) in [7, 11) is 0. The third-order valence-corrected chi connectivity index (χ3v) is 28.5. The van der Waals surface area contributed by atoms with E-state index in [4.69, 9.17) is 5.26 Å². The summed E-state index contributed by atoms with van der Waals surface area (Å²) < 4.78 is 4.03. The van der Waals surface area contributed by atoms with Gasteiger partial charge in [-0.15, -0.1) is 0 Å². The van der Waals surface area contributed by atoms with Gasteiger partial charge in [0.1, 0.15) is 61.3 Å². The highest BCUT2D eigenvalue weighted by Crippen LogP contribution is 2.44. The van der Waals surface area contributed by atoms with E-state index in [9.17, 15) is 0 Å². The molecule has 10 nitrogen and oxygen atoms in total. The Kier molecular flexibility index (Phi) is 53.2. The van der Waals surface area contributed by atoms with Crippen molar-refractivity contribution in [3.8, 4) is 6.07 Å². The van der Waals surface area contributed by atoms with E-state index in [-0.39, 0.29) is 82.9 Å². The van der Waals surface area contributed by atoms with Crippen molar-refractivity contribution in [2.24, 2.45) is 35.5 Å². The number of hydrogen-bond donors (Lipinski definition) is 3. The van der Waals surface area contributed by atoms with Gasteiger partial charge < -0.3 is 107 Å². The van der Waals surface area contributed by atoms with Crippen LogP contribution in [0, 0.1) is 73.0 Å². The predicted octanol–water partition coefficient (Wildman–Crippen LogP) is 10.4. The van der Waals surface area contributed by atoms with Gasteiger partial charge in [-0.05, 0) is 266 Å². The van der Waals surface area contributed by atoms with Gasteiger partial charge in [-0.2, -0.15) is 5.26 Å². The molecule has 20 atom stereocenters. The molecule has 12 aliphatic rings. The second-order valence-corrected chi connectivity index (χ2v) is 34.9. The van der Waals surface area contributed by atoms with Crippen molar-refractivity contribution < 1.29 is 102 Å². The number of piperidine rings is 6. The zero-order valence-corrected chi connectivity index (χ0v) is 77.4. The monoisotopic (exact) mass is 1870 g/mol. The molecule has 14 rings (SSSR count). The third-order valence-electron chi connectivity index (χ3n) is 28.5. The molecule has 102 heavy (non-hydrogen) atoms. The van der Waals surface area contributed by atoms with Gasteiger partial charge in [-0.1, -0.05) is 92.8 Å². The number of nitriles is 1. The normalized spacial score (nSPS) is 34.6. The molecule has 0 radical (unpaired) electrons. The van der Waals surface area contributed by atoms with Crippen molar-refractivity contribution >= 4 is 33.5 Å². The quantitative estimate of drug-likeness (QED) is 0.110. The second-order valence-electron chi connectivity index (χ2n) is 33.4. The second kappa shape index (κ2) is 54.1. The fraction of sp³-hybridized carbons (Fsp3) is 0.852. The fourth-order valence-corrected chi connectivity index (χ4v) is 23.0. The van der Waals surface area contributed by atoms with Crippen molar-refractivity contribution in [3.05, 3.63) is 61.4 Å². The summed E-state index contributed by atoms with van der Waals surface area (Å²) in [5.74, 6) is 6.09. The first-order valence-corrected chi connectivity index (χ1v) is 44.2. The molecule has 6 aliphatic carbocycles. The maximum atomic E-state index is 7.32. The zero-order chi connectivity index (χ0) is 70.3. The van der Waals surface area contributed by atoms with E-state index in [0.29, 0.717) is 0 Å². The molecule has 14 heteroatoms. The highest BCUT2D eigenvalue weighted by atomic mass is 127. The van der Waals surface area contributed by atoms with Crippen LogP contribution in [-0.4, -0.2) is 153 Å². The number of likely N-dealkylation sites (tertiary alicyclic amines) is 5. The maximum Gasteiger partial charge on any atom is 0.149 e. The summed E-state index contributed by atoms with van der Waals surface area (Å²) >= 11 is 2.29. The molecule has 6 aliphatic heterocycles. The Morgan fingerprint density at radius 2 is 0.980 bits per heavy atom. The molecule has 1 aromatic heterocycles. The van der Waals surface area contributed by atoms with Gasteiger partial charge in [0.05, 0.1) is 94.7 Å². The Morgan fingerprint density at radius 1 is 0.529 bits per heavy atom. The van der Waals surface area contributed by atoms with Gasteiger partial charge in [-0.25, -0.2) is 0 Å². The van der Waals surface area contributed by atoms with E-state index in [2.05, 4.69) is 166 Å². The van der Waals surface area contributed by atoms with E-state index < -0.39 is 0 Å². The Balaban J connectivity index is 0.000000583. The summed E-state index contributed by atoms with van der Waals surface area (Å²) in [4.78, 5) is 10.9. The first-order chi connectivity index (χ1) is 47.0. The number of nitrogens with zero attached hydrogens (tertiary/aromatic N) is 5. The third kappa shape index (κ3) is 28.5. The Labute approximate surface area is 697 Å². The zero-order valence-electron chi connectivity index (χ0n) is 68.7. The number of hydrogen-bond acceptors (Lipinski definition) is 6. The summed E-state index contributed by atoms with van der Waals surface area (Å²) in [6.45, 7) is 46.0. The number of benzene rings is 1. The van der Waals surface area contributed by atoms with Crippen molar-refractivity contribution in [2.45, 2.75) is 395 Å². The molecule has 15 unspecified atom stereocenters. The molecule has 6 saturated heterocycles. The summed E-state index contributed by atoms with van der Waals surface area (Å²) in [5.41, 5.74) is 2.15. The lowest BCUT2D eigenvalue weighted by atomic mass is 9.74. The van der Waals surface area contributed by atoms with Gasteiger partial charge in [-0.3, -0.25) is 9.88 Å². The van der Waals surface area contributed by atoms with Gasteiger partial charge in [0.15, 0.2) is 0 Å². The highest BCUT2D eigenvalue weighted by molar-refractivity contribution is 14.1. The van der Waals surface area contributed by atoms with Crippen LogP contribution in [0.5, 0.6) is 0 Å². The molecule has 2 aromatic rings. The smallest absolute Gasteiger partial charge is 0.149 e. The minimum Gasteiger partial charge on any atom is -1.00 e. The molecule has 0 spiro atoms. The van der Waals surface area contributed by atoms with E-state index >= 15 is 0 Å². The minimum atomic E-state index is 0. The predicted molar refractivity (Wildman–Crippen MR) is 433 cm³/mol. The molecule has 7 heterocycles. The largest absolute Gasteiger partial charge is 1.00 e. The number of pyridine rings is 1. The van der Waals surface area contributed by atoms with E-state index in [1.54, 1.807) is 6.07 Å². The van der Waals surface area contributed by atoms with Crippen LogP contribution in [-0.2, 0) is 0 Å². The minimum absolute atomic E-state index is 0. The van der Waals surface area contributed by atoms with E-state index in [1.165, 1.54) is 283 Å². The van der Waals surface area contributed by atoms with E-state index in [1.807, 2.05) is 41.0 Å². The lowest BCUT2D eigenvalue weighted by molar-refractivity contribution is -0.976. The molecule has 12 fully saturated rings. The van der Waals surface area contributed by atoms with Crippen LogP contribution >= 0.6 is 22.6 Å². The highest BCUT2D eigenvalue weighted by Gasteiger charge is 2.54. The Hall–Kier alpha value is 0.330. The number of aryl methyl sites for hydroxylation is 1. The number of aromatic nitrogens is 1. The van der Waals surface area contributed by atoms with Crippen LogP contribution < -0.4 is 87.0 Å². The number of nitrogens with one attached hydrogen (secondary N) is 3. The first-order valence-electron chi connectivity index (χ1n) is 42.6. The number of quaternary nitrogens is 4. The maximum absolute atomic E-state index is 7.32. The summed E-state index contributed by atoms with van der Waals surface area (Å²) in [6, 6.07) is 25.0. The standard InChI is InChI=1S/2C14H27N.2C12H23N.C12H22N.C10H19N.C10H9N.C2H5I.C2H3N.3HI.2H2O/c2*1-4-15(5-2)12(3)10-11-13-8-6-7-9-14(13)15;3*1-3-13-10(2)8-9-11-6-4-5-7-12(11)13;2*1-8-6-7-9-4-2-3-5-10(9)11-8;2*1-2-3;;;;;/h2*11-14H,4-10H2,1-3H3;2*10-12H,3-9H2,1-2H3;5,10-12H,3-4,6-9H2,1-2H3;8-11H,2-7H2,1H3;2-7H,1H3;2H2,1H3;1H3;3*1H;2*1H2/q2*+2;;;+1;;;;;;;;;/p-3/t;;2*10?,11?,12-;10?,11-,12-;8?,9?,10-;;;;;;;;/m..1111......../s1. The SMILES string of the molecule is CC#N.CC1CCC2CCCC[C@H]2N1.CCI.CCN1C(C)CCC2CCCC[C@H]21.CC[N+]1(CC)C(C)C[CH+]C2CCCCC21.CC[N+]1(CC)C(C)C[CH+]C2CCCCC21.CC[NH+]1C(C)CCC2CCCC[C@H]21.CC[NH+]1C(C)CC[C@H]2CC[CH+]C[C@H]21.Cc1ccc2ccccc2n1.[I-].[I-].[I-].[OH-].[OH-]. The molecule has 0 amide bonds. The van der Waals surface area contributed by atoms with Crippen LogP contribution in [0.2, 0.25) is 0 Å². The van der Waals surface area contributed by atoms with Crippen LogP contribution in [0.3, 0.4) is 0 Å². The van der Waals surface area contributed by atoms with Crippen molar-refractivity contribution in [3.63, 3.8) is 0 Å². The molecule has 1 aromatic carbocycles. The molecule has 0 bridgehead atoms. The lowest BCUT2D eigenvalue weighted by Gasteiger charge is -2.52. The van der Waals surface area contributed by atoms with Gasteiger partial charge in [0, 0.05) is 66.8 Å². The van der Waals surface area contributed by atoms with Gasteiger partial charge in [0.2, 0.25) is 0 Å². The number of rotatable bonds is 7. The van der Waals surface area contributed by atoms with Crippen LogP contribution in [0.4, 0.5) is 0 Å². The topological polar surface area (TPSA) is 121 Å².